The second-order valence-corrected chi connectivity index (χ2v) is 11.1. The molecule has 1 aliphatic carbocycles. The molecular formula is C29H46ClN3O3. The van der Waals surface area contributed by atoms with Crippen molar-refractivity contribution in [2.24, 2.45) is 11.8 Å². The number of hydrogen-bond donors (Lipinski definition) is 2. The van der Waals surface area contributed by atoms with Gasteiger partial charge in [0, 0.05) is 56.1 Å². The van der Waals surface area contributed by atoms with Gasteiger partial charge in [0.25, 0.3) is 0 Å². The minimum Gasteiger partial charge on any atom is -0.373 e. The molecule has 0 bridgehead atoms. The number of ketones is 1. The van der Waals surface area contributed by atoms with Crippen LogP contribution in [0, 0.1) is 11.8 Å². The lowest BCUT2D eigenvalue weighted by atomic mass is 9.85. The number of benzene rings is 1. The number of likely N-dealkylation sites (tertiary alicyclic amines) is 1. The number of amides is 2. The van der Waals surface area contributed by atoms with Crippen molar-refractivity contribution in [3.05, 3.63) is 34.9 Å². The molecule has 1 heterocycles. The number of hydrogen-bond acceptors (Lipinski definition) is 4. The van der Waals surface area contributed by atoms with E-state index < -0.39 is 0 Å². The molecule has 0 spiro atoms. The molecule has 0 radical (unpaired) electrons. The van der Waals surface area contributed by atoms with E-state index in [-0.39, 0.29) is 29.9 Å². The number of halogens is 1. The van der Waals surface area contributed by atoms with E-state index in [4.69, 9.17) is 16.3 Å². The maximum Gasteiger partial charge on any atom is 0.317 e. The lowest BCUT2D eigenvalue weighted by Gasteiger charge is -2.38. The lowest BCUT2D eigenvalue weighted by Crippen LogP contribution is -2.52. The van der Waals surface area contributed by atoms with Gasteiger partial charge in [0.15, 0.2) is 0 Å². The van der Waals surface area contributed by atoms with Crippen molar-refractivity contribution < 1.29 is 14.3 Å². The van der Waals surface area contributed by atoms with Crippen LogP contribution in [0.2, 0.25) is 5.02 Å². The smallest absolute Gasteiger partial charge is 0.317 e. The van der Waals surface area contributed by atoms with Crippen molar-refractivity contribution in [1.82, 2.24) is 15.5 Å². The fourth-order valence-electron chi connectivity index (χ4n) is 5.82. The summed E-state index contributed by atoms with van der Waals surface area (Å²) in [5.74, 6) is 1.17. The number of nitrogens with zero attached hydrogens (tertiary/aromatic N) is 1. The van der Waals surface area contributed by atoms with Crippen LogP contribution in [-0.4, -0.2) is 56.0 Å². The summed E-state index contributed by atoms with van der Waals surface area (Å²) in [4.78, 5) is 27.0. The zero-order valence-electron chi connectivity index (χ0n) is 22.3. The van der Waals surface area contributed by atoms with Crippen LogP contribution in [0.3, 0.4) is 0 Å². The fraction of sp³-hybridized carbons (Fsp3) is 0.724. The SMILES string of the molecule is CCC(=O)CCCOC(c1cccc(Cl)c1)[C@@H]1CCCN(C(=O)N[C@H](CNC)CC2CCCCC2)C1. The first-order valence-corrected chi connectivity index (χ1v) is 14.5. The lowest BCUT2D eigenvalue weighted by molar-refractivity contribution is -0.119. The summed E-state index contributed by atoms with van der Waals surface area (Å²) in [6.07, 6.45) is 11.2. The highest BCUT2D eigenvalue weighted by Gasteiger charge is 2.32. The number of Topliss-reactive ketones (excluding diaryl/α,β-unsaturated/α-hetero) is 1. The molecule has 1 saturated heterocycles. The first-order chi connectivity index (χ1) is 17.5. The number of rotatable bonds is 13. The van der Waals surface area contributed by atoms with Crippen molar-refractivity contribution in [3.8, 4) is 0 Å². The summed E-state index contributed by atoms with van der Waals surface area (Å²) in [5.41, 5.74) is 1.04. The molecule has 2 N–H and O–H groups in total. The topological polar surface area (TPSA) is 70.7 Å². The number of carbonyl (C=O) groups excluding carboxylic acids is 2. The Bertz CT molecular complexity index is 815. The average Bonchev–Trinajstić information content (AvgIpc) is 2.89. The third-order valence-electron chi connectivity index (χ3n) is 7.76. The van der Waals surface area contributed by atoms with Gasteiger partial charge in [-0.1, -0.05) is 62.8 Å². The molecule has 2 fully saturated rings. The zero-order chi connectivity index (χ0) is 25.8. The number of urea groups is 1. The zero-order valence-corrected chi connectivity index (χ0v) is 23.0. The Kier molecular flexibility index (Phi) is 12.5. The minimum atomic E-state index is -0.147. The normalized spacial score (nSPS) is 20.6. The molecule has 7 heteroatoms. The Hall–Kier alpha value is -1.63. The van der Waals surface area contributed by atoms with E-state index in [1.54, 1.807) is 0 Å². The van der Waals surface area contributed by atoms with E-state index in [1.165, 1.54) is 32.1 Å². The quantitative estimate of drug-likeness (QED) is 0.307. The summed E-state index contributed by atoms with van der Waals surface area (Å²) >= 11 is 6.31. The Morgan fingerprint density at radius 1 is 1.17 bits per heavy atom. The molecule has 2 amide bonds. The van der Waals surface area contributed by atoms with Gasteiger partial charge in [0.1, 0.15) is 5.78 Å². The van der Waals surface area contributed by atoms with Crippen LogP contribution < -0.4 is 10.6 Å². The Morgan fingerprint density at radius 3 is 2.69 bits per heavy atom. The molecule has 36 heavy (non-hydrogen) atoms. The van der Waals surface area contributed by atoms with Crippen LogP contribution in [0.15, 0.2) is 24.3 Å². The van der Waals surface area contributed by atoms with Gasteiger partial charge < -0.3 is 20.3 Å². The molecule has 3 atom stereocenters. The van der Waals surface area contributed by atoms with Crippen molar-refractivity contribution in [3.63, 3.8) is 0 Å². The molecule has 0 aromatic heterocycles. The van der Waals surface area contributed by atoms with Gasteiger partial charge >= 0.3 is 6.03 Å². The summed E-state index contributed by atoms with van der Waals surface area (Å²) in [7, 11) is 1.96. The molecule has 202 valence electrons. The minimum absolute atomic E-state index is 0.0362. The molecular weight excluding hydrogens is 474 g/mol. The average molecular weight is 520 g/mol. The number of carbonyl (C=O) groups is 2. The third-order valence-corrected chi connectivity index (χ3v) is 8.00. The number of nitrogens with one attached hydrogen (secondary N) is 2. The van der Waals surface area contributed by atoms with E-state index >= 15 is 0 Å². The second-order valence-electron chi connectivity index (χ2n) is 10.6. The highest BCUT2D eigenvalue weighted by molar-refractivity contribution is 6.30. The van der Waals surface area contributed by atoms with Crippen molar-refractivity contribution in [2.75, 3.05) is 33.3 Å². The van der Waals surface area contributed by atoms with E-state index in [1.807, 2.05) is 37.1 Å². The largest absolute Gasteiger partial charge is 0.373 e. The fourth-order valence-corrected chi connectivity index (χ4v) is 6.02. The van der Waals surface area contributed by atoms with Gasteiger partial charge in [-0.05, 0) is 56.3 Å². The predicted octanol–water partition coefficient (Wildman–Crippen LogP) is 6.14. The van der Waals surface area contributed by atoms with Crippen LogP contribution in [0.5, 0.6) is 0 Å². The van der Waals surface area contributed by atoms with E-state index in [0.29, 0.717) is 43.4 Å². The Morgan fingerprint density at radius 2 is 1.97 bits per heavy atom. The summed E-state index contributed by atoms with van der Waals surface area (Å²) < 4.78 is 6.39. The van der Waals surface area contributed by atoms with E-state index in [0.717, 1.165) is 37.9 Å². The second kappa shape index (κ2) is 15.6. The van der Waals surface area contributed by atoms with Crippen LogP contribution in [0.1, 0.15) is 89.2 Å². The third kappa shape index (κ3) is 9.35. The first kappa shape index (κ1) is 28.9. The van der Waals surface area contributed by atoms with Gasteiger partial charge in [0.2, 0.25) is 0 Å². The van der Waals surface area contributed by atoms with Gasteiger partial charge in [0.05, 0.1) is 6.10 Å². The molecule has 1 saturated carbocycles. The van der Waals surface area contributed by atoms with Crippen LogP contribution in [0.25, 0.3) is 0 Å². The van der Waals surface area contributed by atoms with Gasteiger partial charge in [-0.25, -0.2) is 4.79 Å². The van der Waals surface area contributed by atoms with Crippen molar-refractivity contribution in [2.45, 2.75) is 89.7 Å². The molecule has 3 rings (SSSR count). The maximum atomic E-state index is 13.3. The van der Waals surface area contributed by atoms with Gasteiger partial charge in [-0.15, -0.1) is 0 Å². The molecule has 1 unspecified atom stereocenters. The summed E-state index contributed by atoms with van der Waals surface area (Å²) in [6.45, 7) is 4.65. The highest BCUT2D eigenvalue weighted by atomic mass is 35.5. The first-order valence-electron chi connectivity index (χ1n) is 14.1. The Balaban J connectivity index is 1.62. The number of ether oxygens (including phenoxy) is 1. The molecule has 1 aliphatic heterocycles. The van der Waals surface area contributed by atoms with Crippen LogP contribution in [0.4, 0.5) is 4.79 Å². The summed E-state index contributed by atoms with van der Waals surface area (Å²) in [5, 5.41) is 7.30. The molecule has 2 aliphatic rings. The highest BCUT2D eigenvalue weighted by Crippen LogP contribution is 2.34. The van der Waals surface area contributed by atoms with Gasteiger partial charge in [-0.2, -0.15) is 0 Å². The monoisotopic (exact) mass is 519 g/mol. The van der Waals surface area contributed by atoms with Gasteiger partial charge in [-0.3, -0.25) is 4.79 Å². The molecule has 1 aromatic rings. The van der Waals surface area contributed by atoms with E-state index in [9.17, 15) is 9.59 Å². The standard InChI is InChI=1S/C29H46ClN3O3/c1-3-27(34)15-9-17-36-28(23-12-7-14-25(30)19-23)24-13-8-16-33(21-24)29(35)32-26(20-31-2)18-22-10-5-4-6-11-22/h7,12,14,19,22,24,26,28,31H,3-6,8-11,13,15-18,20-21H2,1-2H3,(H,32,35)/t24-,26+,28?/m1/s1. The molecule has 6 nitrogen and oxygen atoms in total. The summed E-state index contributed by atoms with van der Waals surface area (Å²) in [6, 6.07) is 8.04. The molecule has 1 aromatic carbocycles. The van der Waals surface area contributed by atoms with E-state index in [2.05, 4.69) is 16.7 Å². The predicted molar refractivity (Wildman–Crippen MR) is 146 cm³/mol. The van der Waals surface area contributed by atoms with Crippen molar-refractivity contribution >= 4 is 23.4 Å². The number of piperidine rings is 1. The Labute approximate surface area is 222 Å². The van der Waals surface area contributed by atoms with Crippen LogP contribution >= 0.6 is 11.6 Å². The number of likely N-dealkylation sites (N-methyl/N-ethyl adjacent to an activating group) is 1. The maximum absolute atomic E-state index is 13.3. The van der Waals surface area contributed by atoms with Crippen LogP contribution in [-0.2, 0) is 9.53 Å². The van der Waals surface area contributed by atoms with Crippen molar-refractivity contribution in [1.29, 1.82) is 0 Å².